The van der Waals surface area contributed by atoms with Gasteiger partial charge in [0.05, 0.1) is 18.4 Å². The van der Waals surface area contributed by atoms with Gasteiger partial charge in [0, 0.05) is 33.0 Å². The lowest BCUT2D eigenvalue weighted by atomic mass is 10.2. The molecule has 0 aliphatic heterocycles. The molecule has 0 atom stereocenters. The Morgan fingerprint density at radius 3 is 2.90 bits per heavy atom. The first-order valence-electron chi connectivity index (χ1n) is 6.45. The summed E-state index contributed by atoms with van der Waals surface area (Å²) in [5.74, 6) is 0.600. The lowest BCUT2D eigenvalue weighted by Gasteiger charge is -2.22. The Labute approximate surface area is 118 Å². The summed E-state index contributed by atoms with van der Waals surface area (Å²) in [7, 11) is 1.57. The summed E-state index contributed by atoms with van der Waals surface area (Å²) < 4.78 is 10.3. The van der Waals surface area contributed by atoms with Crippen molar-refractivity contribution < 1.29 is 19.2 Å². The lowest BCUT2D eigenvalue weighted by molar-refractivity contribution is 0.0698. The van der Waals surface area contributed by atoms with E-state index >= 15 is 0 Å². The molecule has 0 spiro atoms. The molecule has 1 rings (SSSR count). The van der Waals surface area contributed by atoms with Gasteiger partial charge >= 0.3 is 0 Å². The summed E-state index contributed by atoms with van der Waals surface area (Å²) in [5.41, 5.74) is 5.98. The number of furan rings is 1. The summed E-state index contributed by atoms with van der Waals surface area (Å²) in [6.45, 7) is 3.13. The van der Waals surface area contributed by atoms with E-state index < -0.39 is 0 Å². The molecule has 1 heterocycles. The molecular weight excluding hydrogens is 262 g/mol. The topological polar surface area (TPSA) is 101 Å². The summed E-state index contributed by atoms with van der Waals surface area (Å²) in [4.78, 5) is 14.1. The zero-order valence-electron chi connectivity index (χ0n) is 11.8. The van der Waals surface area contributed by atoms with Crippen molar-refractivity contribution in [3.63, 3.8) is 0 Å². The summed E-state index contributed by atoms with van der Waals surface area (Å²) in [6.07, 6.45) is 2.45. The molecule has 0 aliphatic carbocycles. The van der Waals surface area contributed by atoms with Crippen molar-refractivity contribution in [2.24, 2.45) is 10.9 Å². The number of ether oxygens (including phenoxy) is 1. The van der Waals surface area contributed by atoms with Crippen molar-refractivity contribution >= 4 is 11.7 Å². The number of nitrogens with two attached hydrogens (primary N) is 1. The van der Waals surface area contributed by atoms with Gasteiger partial charge in [-0.05, 0) is 6.07 Å². The molecule has 3 N–H and O–H groups in total. The van der Waals surface area contributed by atoms with Crippen LogP contribution in [0.1, 0.15) is 29.5 Å². The highest BCUT2D eigenvalue weighted by molar-refractivity contribution is 5.95. The molecule has 0 radical (unpaired) electrons. The van der Waals surface area contributed by atoms with E-state index in [-0.39, 0.29) is 11.7 Å². The Hall–Kier alpha value is -2.02. The van der Waals surface area contributed by atoms with Gasteiger partial charge in [0.15, 0.2) is 0 Å². The predicted molar refractivity (Wildman–Crippen MR) is 73.9 cm³/mol. The third-order valence-electron chi connectivity index (χ3n) is 2.92. The monoisotopic (exact) mass is 283 g/mol. The fraction of sp³-hybridized carbons (Fsp3) is 0.538. The molecule has 1 amide bonds. The van der Waals surface area contributed by atoms with Crippen LogP contribution < -0.4 is 5.73 Å². The maximum Gasteiger partial charge on any atom is 0.257 e. The van der Waals surface area contributed by atoms with Crippen LogP contribution in [0, 0.1) is 0 Å². The third kappa shape index (κ3) is 4.27. The standard InChI is InChI=1S/C13H21N3O4/c1-3-11-10(5-8-20-11)13(17)16(7-9-19-2)6-4-12(14)15-18/h5,8,18H,3-4,6-7,9H2,1-2H3,(H2,14,15). The number of methoxy groups -OCH3 is 1. The maximum absolute atomic E-state index is 12.5. The number of oxime groups is 1. The minimum Gasteiger partial charge on any atom is -0.469 e. The SMILES string of the molecule is CCc1occc1C(=O)N(CCOC)CC/C(N)=N/O. The van der Waals surface area contributed by atoms with Crippen molar-refractivity contribution in [3.8, 4) is 0 Å². The first-order chi connectivity index (χ1) is 9.63. The number of amidine groups is 1. The van der Waals surface area contributed by atoms with Crippen molar-refractivity contribution in [1.82, 2.24) is 4.90 Å². The van der Waals surface area contributed by atoms with Gasteiger partial charge in [-0.15, -0.1) is 0 Å². The Morgan fingerprint density at radius 1 is 1.55 bits per heavy atom. The van der Waals surface area contributed by atoms with E-state index in [1.807, 2.05) is 6.92 Å². The second-order valence-corrected chi connectivity index (χ2v) is 4.24. The van der Waals surface area contributed by atoms with E-state index in [2.05, 4.69) is 5.16 Å². The summed E-state index contributed by atoms with van der Waals surface area (Å²) >= 11 is 0. The third-order valence-corrected chi connectivity index (χ3v) is 2.92. The molecule has 112 valence electrons. The van der Waals surface area contributed by atoms with Crippen LogP contribution in [0.4, 0.5) is 0 Å². The Bertz CT molecular complexity index is 456. The largest absolute Gasteiger partial charge is 0.469 e. The fourth-order valence-electron chi connectivity index (χ4n) is 1.79. The summed E-state index contributed by atoms with van der Waals surface area (Å²) in [6, 6.07) is 1.66. The van der Waals surface area contributed by atoms with Crippen LogP contribution in [0.15, 0.2) is 21.9 Å². The van der Waals surface area contributed by atoms with Crippen LogP contribution >= 0.6 is 0 Å². The highest BCUT2D eigenvalue weighted by atomic mass is 16.5. The van der Waals surface area contributed by atoms with Gasteiger partial charge in [0.1, 0.15) is 11.6 Å². The Morgan fingerprint density at radius 2 is 2.30 bits per heavy atom. The molecule has 7 nitrogen and oxygen atoms in total. The number of aryl methyl sites for hydroxylation is 1. The van der Waals surface area contributed by atoms with Gasteiger partial charge in [-0.2, -0.15) is 0 Å². The van der Waals surface area contributed by atoms with Crippen LogP contribution in [0.2, 0.25) is 0 Å². The minimum atomic E-state index is -0.140. The number of hydrogen-bond donors (Lipinski definition) is 2. The maximum atomic E-state index is 12.5. The zero-order chi connectivity index (χ0) is 15.0. The van der Waals surface area contributed by atoms with E-state index in [1.54, 1.807) is 18.1 Å². The molecule has 0 aliphatic rings. The molecule has 7 heteroatoms. The first-order valence-corrected chi connectivity index (χ1v) is 6.45. The normalized spacial score (nSPS) is 11.6. The van der Waals surface area contributed by atoms with Crippen LogP contribution in [0.5, 0.6) is 0 Å². The molecule has 0 saturated carbocycles. The van der Waals surface area contributed by atoms with E-state index in [1.165, 1.54) is 6.26 Å². The first kappa shape index (κ1) is 16.0. The minimum absolute atomic E-state index is 0.0862. The van der Waals surface area contributed by atoms with Gasteiger partial charge in [-0.1, -0.05) is 12.1 Å². The number of hydrogen-bond acceptors (Lipinski definition) is 5. The van der Waals surface area contributed by atoms with E-state index in [0.717, 1.165) is 0 Å². The predicted octanol–water partition coefficient (Wildman–Crippen LogP) is 1.07. The zero-order valence-corrected chi connectivity index (χ0v) is 11.8. The molecule has 0 unspecified atom stereocenters. The molecule has 20 heavy (non-hydrogen) atoms. The van der Waals surface area contributed by atoms with Crippen molar-refractivity contribution in [2.45, 2.75) is 19.8 Å². The second-order valence-electron chi connectivity index (χ2n) is 4.24. The van der Waals surface area contributed by atoms with Crippen molar-refractivity contribution in [3.05, 3.63) is 23.7 Å². The molecule has 0 fully saturated rings. The quantitative estimate of drug-likeness (QED) is 0.321. The number of carbonyl (C=O) groups is 1. The van der Waals surface area contributed by atoms with E-state index in [4.69, 9.17) is 20.1 Å². The fourth-order valence-corrected chi connectivity index (χ4v) is 1.79. The molecule has 0 bridgehead atoms. The number of carbonyl (C=O) groups excluding carboxylic acids is 1. The highest BCUT2D eigenvalue weighted by Gasteiger charge is 2.20. The van der Waals surface area contributed by atoms with E-state index in [0.29, 0.717) is 43.9 Å². The molecule has 1 aromatic heterocycles. The van der Waals surface area contributed by atoms with Gasteiger partial charge in [-0.25, -0.2) is 0 Å². The highest BCUT2D eigenvalue weighted by Crippen LogP contribution is 2.14. The second kappa shape index (κ2) is 8.21. The number of amides is 1. The van der Waals surface area contributed by atoms with Gasteiger partial charge in [-0.3, -0.25) is 4.79 Å². The van der Waals surface area contributed by atoms with Gasteiger partial charge in [0.2, 0.25) is 0 Å². The number of rotatable bonds is 8. The van der Waals surface area contributed by atoms with Crippen LogP contribution in [0.25, 0.3) is 0 Å². The molecule has 0 aromatic carbocycles. The Kier molecular flexibility index (Phi) is 6.58. The van der Waals surface area contributed by atoms with E-state index in [9.17, 15) is 4.79 Å². The number of nitrogens with zero attached hydrogens (tertiary/aromatic N) is 2. The van der Waals surface area contributed by atoms with Crippen molar-refractivity contribution in [2.75, 3.05) is 26.8 Å². The van der Waals surface area contributed by atoms with Crippen LogP contribution in [-0.4, -0.2) is 48.7 Å². The molecule has 0 saturated heterocycles. The van der Waals surface area contributed by atoms with Gasteiger partial charge in [0.25, 0.3) is 5.91 Å². The average molecular weight is 283 g/mol. The lowest BCUT2D eigenvalue weighted by Crippen LogP contribution is -2.36. The summed E-state index contributed by atoms with van der Waals surface area (Å²) in [5, 5.41) is 11.5. The van der Waals surface area contributed by atoms with Gasteiger partial charge < -0.3 is 25.0 Å². The van der Waals surface area contributed by atoms with Crippen LogP contribution in [-0.2, 0) is 11.2 Å². The Balaban J connectivity index is 2.78. The molecule has 1 aromatic rings. The smallest absolute Gasteiger partial charge is 0.257 e. The average Bonchev–Trinajstić information content (AvgIpc) is 2.94. The molecular formula is C13H21N3O4. The van der Waals surface area contributed by atoms with Crippen molar-refractivity contribution in [1.29, 1.82) is 0 Å². The van der Waals surface area contributed by atoms with Crippen LogP contribution in [0.3, 0.4) is 0 Å².